The number of phenolic OH excluding ortho intramolecular Hbond substituents is 1. The van der Waals surface area contributed by atoms with Crippen molar-refractivity contribution in [3.05, 3.63) is 29.1 Å². The average Bonchev–Trinajstić information content (AvgIpc) is 2.11. The van der Waals surface area contributed by atoms with Gasteiger partial charge >= 0.3 is 0 Å². The topological polar surface area (TPSA) is 55.5 Å². The summed E-state index contributed by atoms with van der Waals surface area (Å²) in [5.74, 6) is -1.15. The summed E-state index contributed by atoms with van der Waals surface area (Å²) in [6.07, 6.45) is 0. The molecule has 3 N–H and O–H groups in total. The lowest BCUT2D eigenvalue weighted by molar-refractivity contribution is 0.121. The number of hydrogen-bond donors (Lipinski definition) is 2. The van der Waals surface area contributed by atoms with Crippen molar-refractivity contribution in [3.63, 3.8) is 0 Å². The molecule has 0 saturated heterocycles. The molecular weight excluding hydrogens is 187 g/mol. The average molecular weight is 193 g/mol. The van der Waals surface area contributed by atoms with Gasteiger partial charge in [0, 0.05) is 5.56 Å². The van der Waals surface area contributed by atoms with Gasteiger partial charge in [-0.25, -0.2) is 14.7 Å². The number of aromatic hydroxyl groups is 1. The van der Waals surface area contributed by atoms with Gasteiger partial charge < -0.3 is 5.11 Å². The Labute approximate surface area is 71.5 Å². The number of nitrogens with two attached hydrogens (primary N) is 1. The molecule has 1 rings (SSSR count). The maximum Gasteiger partial charge on any atom is 0.203 e. The van der Waals surface area contributed by atoms with Gasteiger partial charge in [0.05, 0.1) is 6.61 Å². The number of benzene rings is 1. The first-order chi connectivity index (χ1) is 6.07. The van der Waals surface area contributed by atoms with Crippen molar-refractivity contribution in [1.82, 2.24) is 0 Å². The highest BCUT2D eigenvalue weighted by molar-refractivity contribution is 5.34. The first kappa shape index (κ1) is 9.82. The molecule has 0 fully saturated rings. The quantitative estimate of drug-likeness (QED) is 0.548. The highest BCUT2D eigenvalue weighted by Crippen LogP contribution is 2.26. The van der Waals surface area contributed by atoms with Crippen LogP contribution < -0.4 is 5.90 Å². The van der Waals surface area contributed by atoms with E-state index in [0.29, 0.717) is 6.07 Å². The minimum atomic E-state index is -1.72. The van der Waals surface area contributed by atoms with E-state index in [1.165, 1.54) is 0 Å². The van der Waals surface area contributed by atoms with E-state index in [4.69, 9.17) is 5.11 Å². The van der Waals surface area contributed by atoms with Gasteiger partial charge in [0.2, 0.25) is 5.82 Å². The molecule has 1 aromatic carbocycles. The van der Waals surface area contributed by atoms with Crippen LogP contribution in [0.25, 0.3) is 0 Å². The lowest BCUT2D eigenvalue weighted by Crippen LogP contribution is -2.02. The van der Waals surface area contributed by atoms with Gasteiger partial charge in [-0.1, -0.05) is 0 Å². The molecule has 1 aromatic rings. The summed E-state index contributed by atoms with van der Waals surface area (Å²) >= 11 is 0. The molecule has 6 heteroatoms. The van der Waals surface area contributed by atoms with Crippen LogP contribution in [0.15, 0.2) is 6.07 Å². The molecule has 13 heavy (non-hydrogen) atoms. The number of rotatable bonds is 2. The van der Waals surface area contributed by atoms with Crippen molar-refractivity contribution in [2.75, 3.05) is 0 Å². The molecule has 0 aliphatic heterocycles. The number of phenols is 1. The third-order valence-corrected chi connectivity index (χ3v) is 1.45. The lowest BCUT2D eigenvalue weighted by Gasteiger charge is -2.04. The molecular formula is C7H6F3NO2. The first-order valence-electron chi connectivity index (χ1n) is 3.25. The summed E-state index contributed by atoms with van der Waals surface area (Å²) in [5.41, 5.74) is -0.251. The van der Waals surface area contributed by atoms with Crippen LogP contribution in [0.2, 0.25) is 0 Å². The zero-order valence-electron chi connectivity index (χ0n) is 6.35. The Kier molecular flexibility index (Phi) is 2.74. The van der Waals surface area contributed by atoms with Crippen LogP contribution in [0.1, 0.15) is 5.56 Å². The van der Waals surface area contributed by atoms with Gasteiger partial charge in [-0.3, -0.25) is 4.84 Å². The molecule has 0 spiro atoms. The van der Waals surface area contributed by atoms with Crippen LogP contribution in [0.4, 0.5) is 13.2 Å². The van der Waals surface area contributed by atoms with Crippen molar-refractivity contribution >= 4 is 0 Å². The van der Waals surface area contributed by atoms with Crippen LogP contribution in [0, 0.1) is 17.5 Å². The van der Waals surface area contributed by atoms with Crippen LogP contribution in [0.3, 0.4) is 0 Å². The lowest BCUT2D eigenvalue weighted by atomic mass is 10.2. The van der Waals surface area contributed by atoms with Crippen molar-refractivity contribution in [1.29, 1.82) is 0 Å². The van der Waals surface area contributed by atoms with Gasteiger partial charge in [-0.05, 0) is 6.07 Å². The third kappa shape index (κ3) is 1.73. The SMILES string of the molecule is NOCc1cc(F)c(F)c(F)c1O. The van der Waals surface area contributed by atoms with Crippen LogP contribution in [-0.2, 0) is 11.4 Å². The molecule has 0 unspecified atom stereocenters. The highest BCUT2D eigenvalue weighted by atomic mass is 19.2. The van der Waals surface area contributed by atoms with E-state index in [0.717, 1.165) is 0 Å². The molecule has 0 radical (unpaired) electrons. The Hall–Kier alpha value is -1.27. The minimum Gasteiger partial charge on any atom is -0.504 e. The normalized spacial score (nSPS) is 10.5. The second-order valence-corrected chi connectivity index (χ2v) is 2.31. The summed E-state index contributed by atoms with van der Waals surface area (Å²) in [4.78, 5) is 4.04. The smallest absolute Gasteiger partial charge is 0.203 e. The number of hydrogen-bond acceptors (Lipinski definition) is 3. The molecule has 0 aromatic heterocycles. The zero-order chi connectivity index (χ0) is 10.0. The molecule has 0 aliphatic rings. The molecule has 0 heterocycles. The van der Waals surface area contributed by atoms with E-state index < -0.39 is 29.8 Å². The van der Waals surface area contributed by atoms with Crippen molar-refractivity contribution in [3.8, 4) is 5.75 Å². The van der Waals surface area contributed by atoms with Crippen LogP contribution >= 0.6 is 0 Å². The maximum atomic E-state index is 12.6. The fraction of sp³-hybridized carbons (Fsp3) is 0.143. The minimum absolute atomic E-state index is 0.251. The van der Waals surface area contributed by atoms with E-state index in [1.54, 1.807) is 0 Å². The van der Waals surface area contributed by atoms with Crippen molar-refractivity contribution < 1.29 is 23.1 Å². The molecule has 0 aliphatic carbocycles. The van der Waals surface area contributed by atoms with Gasteiger partial charge in [0.15, 0.2) is 17.4 Å². The molecule has 0 bridgehead atoms. The predicted octanol–water partition coefficient (Wildman–Crippen LogP) is 1.20. The second-order valence-electron chi connectivity index (χ2n) is 2.31. The fourth-order valence-electron chi connectivity index (χ4n) is 0.834. The van der Waals surface area contributed by atoms with Gasteiger partial charge in [0.1, 0.15) is 0 Å². The Morgan fingerprint density at radius 1 is 1.31 bits per heavy atom. The summed E-state index contributed by atoms with van der Waals surface area (Å²) in [5, 5.41) is 8.92. The number of halogens is 3. The van der Waals surface area contributed by atoms with Gasteiger partial charge in [-0.2, -0.15) is 4.39 Å². The monoisotopic (exact) mass is 193 g/mol. The largest absolute Gasteiger partial charge is 0.504 e. The Morgan fingerprint density at radius 3 is 2.46 bits per heavy atom. The van der Waals surface area contributed by atoms with Crippen molar-refractivity contribution in [2.45, 2.75) is 6.61 Å². The van der Waals surface area contributed by atoms with Crippen LogP contribution in [0.5, 0.6) is 5.75 Å². The standard InChI is InChI=1S/C7H6F3NO2/c8-4-1-3(2-13-11)7(12)6(10)5(4)9/h1,12H,2,11H2. The van der Waals surface area contributed by atoms with Crippen molar-refractivity contribution in [2.24, 2.45) is 5.90 Å². The Bertz CT molecular complexity index is 330. The molecule has 0 amide bonds. The van der Waals surface area contributed by atoms with Gasteiger partial charge in [-0.15, -0.1) is 0 Å². The third-order valence-electron chi connectivity index (χ3n) is 1.45. The van der Waals surface area contributed by atoms with E-state index >= 15 is 0 Å². The summed E-state index contributed by atoms with van der Waals surface area (Å²) < 4.78 is 37.6. The molecule has 0 atom stereocenters. The maximum absolute atomic E-state index is 12.6. The Balaban J connectivity index is 3.24. The van der Waals surface area contributed by atoms with Gasteiger partial charge in [0.25, 0.3) is 0 Å². The zero-order valence-corrected chi connectivity index (χ0v) is 6.35. The van der Waals surface area contributed by atoms with E-state index in [-0.39, 0.29) is 5.56 Å². The molecule has 3 nitrogen and oxygen atoms in total. The highest BCUT2D eigenvalue weighted by Gasteiger charge is 2.17. The van der Waals surface area contributed by atoms with Crippen LogP contribution in [-0.4, -0.2) is 5.11 Å². The van der Waals surface area contributed by atoms with E-state index in [2.05, 4.69) is 10.7 Å². The predicted molar refractivity (Wildman–Crippen MR) is 37.0 cm³/mol. The molecule has 72 valence electrons. The second kappa shape index (κ2) is 3.63. The summed E-state index contributed by atoms with van der Waals surface area (Å²) in [6, 6.07) is 0.612. The van der Waals surface area contributed by atoms with E-state index in [1.807, 2.05) is 0 Å². The molecule has 0 saturated carbocycles. The Morgan fingerprint density at radius 2 is 1.92 bits per heavy atom. The summed E-state index contributed by atoms with van der Waals surface area (Å²) in [7, 11) is 0. The summed E-state index contributed by atoms with van der Waals surface area (Å²) in [6.45, 7) is -0.403. The van der Waals surface area contributed by atoms with E-state index in [9.17, 15) is 13.2 Å². The fourth-order valence-corrected chi connectivity index (χ4v) is 0.834. The first-order valence-corrected chi connectivity index (χ1v) is 3.25.